The fourth-order valence-corrected chi connectivity index (χ4v) is 8.19. The van der Waals surface area contributed by atoms with Crippen molar-refractivity contribution < 1.29 is 4.74 Å². The minimum Gasteiger partial charge on any atom is -0.456 e. The fraction of sp³-hybridized carbons (Fsp3) is 0. The van der Waals surface area contributed by atoms with Crippen molar-refractivity contribution in [1.29, 1.82) is 0 Å². The van der Waals surface area contributed by atoms with Gasteiger partial charge in [-0.25, -0.2) is 0 Å². The van der Waals surface area contributed by atoms with Crippen molar-refractivity contribution in [3.05, 3.63) is 170 Å². The van der Waals surface area contributed by atoms with Crippen molar-refractivity contribution in [3.63, 3.8) is 0 Å². The van der Waals surface area contributed by atoms with Gasteiger partial charge in [-0.05, 0) is 94.9 Å². The van der Waals surface area contributed by atoms with Crippen LogP contribution < -0.4 is 4.74 Å². The summed E-state index contributed by atoms with van der Waals surface area (Å²) in [5, 5.41) is 7.37. The van der Waals surface area contributed by atoms with Crippen molar-refractivity contribution in [1.82, 2.24) is 9.13 Å². The van der Waals surface area contributed by atoms with Crippen molar-refractivity contribution in [2.45, 2.75) is 0 Å². The van der Waals surface area contributed by atoms with Crippen LogP contribution in [-0.4, -0.2) is 9.13 Å². The molecule has 1 aliphatic heterocycles. The summed E-state index contributed by atoms with van der Waals surface area (Å²) in [6, 6.07) is 61.1. The second kappa shape index (κ2) is 9.96. The van der Waals surface area contributed by atoms with E-state index in [9.17, 15) is 0 Å². The van der Waals surface area contributed by atoms with Gasteiger partial charge in [-0.2, -0.15) is 0 Å². The molecule has 0 fully saturated rings. The number of benzene rings is 8. The van der Waals surface area contributed by atoms with Crippen molar-refractivity contribution >= 4 is 54.4 Å². The quantitative estimate of drug-likeness (QED) is 0.191. The molecular formula is C46H28N2O. The summed E-state index contributed by atoms with van der Waals surface area (Å²) in [6.45, 7) is 0. The van der Waals surface area contributed by atoms with Gasteiger partial charge in [0.1, 0.15) is 11.5 Å². The van der Waals surface area contributed by atoms with Crippen LogP contribution in [0.5, 0.6) is 11.5 Å². The molecule has 3 heteroatoms. The van der Waals surface area contributed by atoms with Gasteiger partial charge in [-0.15, -0.1) is 0 Å². The van der Waals surface area contributed by atoms with E-state index in [1.165, 1.54) is 65.5 Å². The molecule has 0 saturated heterocycles. The molecule has 0 N–H and O–H groups in total. The predicted octanol–water partition coefficient (Wildman–Crippen LogP) is 12.5. The lowest BCUT2D eigenvalue weighted by atomic mass is 9.90. The molecule has 0 saturated carbocycles. The monoisotopic (exact) mass is 624 g/mol. The molecule has 49 heavy (non-hydrogen) atoms. The van der Waals surface area contributed by atoms with Crippen LogP contribution in [0.3, 0.4) is 0 Å². The van der Waals surface area contributed by atoms with Gasteiger partial charge < -0.3 is 13.9 Å². The van der Waals surface area contributed by atoms with Gasteiger partial charge in [0.25, 0.3) is 0 Å². The average Bonchev–Trinajstić information content (AvgIpc) is 3.68. The van der Waals surface area contributed by atoms with Crippen LogP contribution >= 0.6 is 0 Å². The zero-order valence-corrected chi connectivity index (χ0v) is 26.5. The molecule has 228 valence electrons. The standard InChI is InChI=1S/C46H28N2O/c1-3-12-31(13-4-1)47-39-19-9-7-16-33(39)37-26-29(23-25-41(37)47)30-22-24-34-38-28-42-45(36-18-11-21-43(46(36)38)49-44(34)27-30)35-17-8-10-20-40(35)48(42)32-14-5-2-6-15-32/h1-28H. The van der Waals surface area contributed by atoms with Crippen LogP contribution in [0.15, 0.2) is 170 Å². The highest BCUT2D eigenvalue weighted by atomic mass is 16.5. The lowest BCUT2D eigenvalue weighted by molar-refractivity contribution is 0.487. The van der Waals surface area contributed by atoms with Gasteiger partial charge >= 0.3 is 0 Å². The van der Waals surface area contributed by atoms with E-state index in [4.69, 9.17) is 4.74 Å². The largest absolute Gasteiger partial charge is 0.456 e. The lowest BCUT2D eigenvalue weighted by Crippen LogP contribution is -1.99. The van der Waals surface area contributed by atoms with Crippen LogP contribution in [0.4, 0.5) is 0 Å². The van der Waals surface area contributed by atoms with E-state index >= 15 is 0 Å². The number of nitrogens with zero attached hydrogens (tertiary/aromatic N) is 2. The summed E-state index contributed by atoms with van der Waals surface area (Å²) in [4.78, 5) is 0. The molecule has 0 spiro atoms. The van der Waals surface area contributed by atoms with Gasteiger partial charge in [0.05, 0.1) is 22.1 Å². The topological polar surface area (TPSA) is 19.1 Å². The normalized spacial score (nSPS) is 12.2. The van der Waals surface area contributed by atoms with Gasteiger partial charge in [-0.3, -0.25) is 0 Å². The van der Waals surface area contributed by atoms with Crippen LogP contribution in [-0.2, 0) is 0 Å². The van der Waals surface area contributed by atoms with Crippen molar-refractivity contribution in [3.8, 4) is 45.1 Å². The van der Waals surface area contributed by atoms with Crippen LogP contribution in [0, 0.1) is 0 Å². The highest BCUT2D eigenvalue weighted by molar-refractivity contribution is 6.26. The maximum absolute atomic E-state index is 6.77. The Labute approximate surface area is 282 Å². The molecule has 8 aromatic carbocycles. The maximum Gasteiger partial charge on any atom is 0.135 e. The molecule has 1 aliphatic rings. The first-order valence-corrected chi connectivity index (χ1v) is 16.8. The summed E-state index contributed by atoms with van der Waals surface area (Å²) in [5.74, 6) is 1.78. The number of para-hydroxylation sites is 4. The van der Waals surface area contributed by atoms with E-state index in [1.807, 2.05) is 0 Å². The average molecular weight is 625 g/mol. The zero-order chi connectivity index (χ0) is 32.1. The van der Waals surface area contributed by atoms with Crippen LogP contribution in [0.25, 0.3) is 88.0 Å². The number of hydrogen-bond donors (Lipinski definition) is 0. The van der Waals surface area contributed by atoms with Gasteiger partial charge in [0.15, 0.2) is 0 Å². The molecule has 11 rings (SSSR count). The number of ether oxygens (including phenoxy) is 1. The Kier molecular flexibility index (Phi) is 5.38. The molecule has 0 radical (unpaired) electrons. The van der Waals surface area contributed by atoms with E-state index in [2.05, 4.69) is 179 Å². The zero-order valence-electron chi connectivity index (χ0n) is 26.5. The van der Waals surface area contributed by atoms with Crippen LogP contribution in [0.1, 0.15) is 0 Å². The van der Waals surface area contributed by atoms with Gasteiger partial charge in [0, 0.05) is 43.9 Å². The molecule has 0 aliphatic carbocycles. The Morgan fingerprint density at radius 1 is 0.327 bits per heavy atom. The Morgan fingerprint density at radius 2 is 0.918 bits per heavy atom. The van der Waals surface area contributed by atoms with E-state index in [0.717, 1.165) is 34.0 Å². The molecule has 0 bridgehead atoms. The second-order valence-corrected chi connectivity index (χ2v) is 12.9. The SMILES string of the molecule is c1ccc(-n2c3ccccc3c3cc(-c4ccc5c(c4)Oc4cccc6c4c-5cc4c6c5ccccc5n4-c4ccccc4)ccc32)cc1. The first-order valence-electron chi connectivity index (χ1n) is 16.8. The van der Waals surface area contributed by atoms with Gasteiger partial charge in [0.2, 0.25) is 0 Å². The first kappa shape index (κ1) is 26.5. The molecule has 3 heterocycles. The molecule has 3 nitrogen and oxygen atoms in total. The molecule has 0 unspecified atom stereocenters. The smallest absolute Gasteiger partial charge is 0.135 e. The molecule has 0 amide bonds. The van der Waals surface area contributed by atoms with Crippen molar-refractivity contribution in [2.75, 3.05) is 0 Å². The molecule has 0 atom stereocenters. The third-order valence-electron chi connectivity index (χ3n) is 10.3. The molecule has 10 aromatic rings. The highest BCUT2D eigenvalue weighted by Crippen LogP contribution is 2.51. The van der Waals surface area contributed by atoms with E-state index < -0.39 is 0 Å². The van der Waals surface area contributed by atoms with Crippen LogP contribution in [0.2, 0.25) is 0 Å². The second-order valence-electron chi connectivity index (χ2n) is 12.9. The summed E-state index contributed by atoms with van der Waals surface area (Å²) in [5.41, 5.74) is 11.7. The number of fused-ring (bicyclic) bond motifs is 9. The molecule has 2 aromatic heterocycles. The summed E-state index contributed by atoms with van der Waals surface area (Å²) >= 11 is 0. The van der Waals surface area contributed by atoms with Crippen molar-refractivity contribution in [2.24, 2.45) is 0 Å². The maximum atomic E-state index is 6.77. The Balaban J connectivity index is 1.12. The van der Waals surface area contributed by atoms with E-state index in [0.29, 0.717) is 0 Å². The summed E-state index contributed by atoms with van der Waals surface area (Å²) in [7, 11) is 0. The summed E-state index contributed by atoms with van der Waals surface area (Å²) < 4.78 is 11.5. The Hall–Kier alpha value is -6.58. The summed E-state index contributed by atoms with van der Waals surface area (Å²) in [6.07, 6.45) is 0. The Morgan fingerprint density at radius 3 is 1.69 bits per heavy atom. The fourth-order valence-electron chi connectivity index (χ4n) is 8.19. The number of rotatable bonds is 3. The highest BCUT2D eigenvalue weighted by Gasteiger charge is 2.25. The third kappa shape index (κ3) is 3.73. The Bertz CT molecular complexity index is 2950. The predicted molar refractivity (Wildman–Crippen MR) is 204 cm³/mol. The third-order valence-corrected chi connectivity index (χ3v) is 10.3. The number of hydrogen-bond acceptors (Lipinski definition) is 1. The minimum atomic E-state index is 0.881. The minimum absolute atomic E-state index is 0.881. The first-order chi connectivity index (χ1) is 24.3. The van der Waals surface area contributed by atoms with E-state index in [-0.39, 0.29) is 0 Å². The lowest BCUT2D eigenvalue weighted by Gasteiger charge is -2.23. The van der Waals surface area contributed by atoms with E-state index in [1.54, 1.807) is 0 Å². The number of aromatic nitrogens is 2. The van der Waals surface area contributed by atoms with Gasteiger partial charge in [-0.1, -0.05) is 97.1 Å². The molecular weight excluding hydrogens is 597 g/mol.